The second-order valence-electron chi connectivity index (χ2n) is 6.24. The summed E-state index contributed by atoms with van der Waals surface area (Å²) in [5.41, 5.74) is 0. The van der Waals surface area contributed by atoms with Gasteiger partial charge in [0.05, 0.1) is 12.1 Å². The molecule has 3 heterocycles. The van der Waals surface area contributed by atoms with Crippen molar-refractivity contribution in [1.82, 2.24) is 10.2 Å². The van der Waals surface area contributed by atoms with E-state index < -0.39 is 0 Å². The first-order chi connectivity index (χ1) is 11.3. The molecule has 0 aliphatic carbocycles. The lowest BCUT2D eigenvalue weighted by atomic mass is 10.1. The van der Waals surface area contributed by atoms with Crippen LogP contribution >= 0.6 is 0 Å². The minimum absolute atomic E-state index is 0.00446. The summed E-state index contributed by atoms with van der Waals surface area (Å²) in [4.78, 5) is 14.3. The molecule has 2 atom stereocenters. The molecule has 1 aromatic heterocycles. The summed E-state index contributed by atoms with van der Waals surface area (Å²) < 4.78 is 16.5. The minimum atomic E-state index is -0.00446. The molecule has 2 saturated heterocycles. The molecule has 0 bridgehead atoms. The fourth-order valence-electron chi connectivity index (χ4n) is 3.41. The molecule has 0 unspecified atom stereocenters. The van der Waals surface area contributed by atoms with E-state index in [1.54, 1.807) is 7.11 Å². The summed E-state index contributed by atoms with van der Waals surface area (Å²) in [6.07, 6.45) is 5.39. The summed E-state index contributed by atoms with van der Waals surface area (Å²) in [6.45, 7) is 2.76. The summed E-state index contributed by atoms with van der Waals surface area (Å²) in [7, 11) is 1.64. The van der Waals surface area contributed by atoms with E-state index >= 15 is 0 Å². The number of nitrogens with one attached hydrogen (secondary N) is 1. The Labute approximate surface area is 137 Å². The van der Waals surface area contributed by atoms with Crippen LogP contribution in [0.5, 0.6) is 0 Å². The average molecular weight is 322 g/mol. The monoisotopic (exact) mass is 322 g/mol. The largest absolute Gasteiger partial charge is 0.461 e. The van der Waals surface area contributed by atoms with Crippen LogP contribution in [0.2, 0.25) is 0 Å². The Morgan fingerprint density at radius 3 is 3.09 bits per heavy atom. The predicted molar refractivity (Wildman–Crippen MR) is 85.1 cm³/mol. The van der Waals surface area contributed by atoms with Crippen molar-refractivity contribution >= 4 is 6.03 Å². The first kappa shape index (κ1) is 16.3. The number of carbonyl (C=O) groups excluding carboxylic acids is 1. The van der Waals surface area contributed by atoms with Gasteiger partial charge in [0.1, 0.15) is 18.1 Å². The van der Waals surface area contributed by atoms with Gasteiger partial charge in [-0.3, -0.25) is 0 Å². The van der Waals surface area contributed by atoms with E-state index in [0.29, 0.717) is 19.3 Å². The van der Waals surface area contributed by atoms with Gasteiger partial charge in [0.2, 0.25) is 0 Å². The maximum absolute atomic E-state index is 12.4. The molecule has 23 heavy (non-hydrogen) atoms. The van der Waals surface area contributed by atoms with Gasteiger partial charge in [0.15, 0.2) is 0 Å². The Morgan fingerprint density at radius 1 is 1.39 bits per heavy atom. The Hall–Kier alpha value is -1.53. The van der Waals surface area contributed by atoms with Crippen molar-refractivity contribution in [2.45, 2.75) is 50.9 Å². The topological polar surface area (TPSA) is 63.9 Å². The first-order valence-corrected chi connectivity index (χ1v) is 8.51. The van der Waals surface area contributed by atoms with Crippen LogP contribution in [-0.2, 0) is 16.1 Å². The predicted octanol–water partition coefficient (Wildman–Crippen LogP) is 2.84. The SMILES string of the molecule is COCc1ccc([C@H]2CCCN2C(=O)NCC[C@H]2CCCO2)o1. The van der Waals surface area contributed by atoms with Gasteiger partial charge in [-0.15, -0.1) is 0 Å². The van der Waals surface area contributed by atoms with E-state index in [4.69, 9.17) is 13.9 Å². The number of furan rings is 1. The third-order valence-corrected chi connectivity index (χ3v) is 4.58. The Kier molecular flexibility index (Phi) is 5.56. The lowest BCUT2D eigenvalue weighted by molar-refractivity contribution is 0.104. The third kappa shape index (κ3) is 4.06. The van der Waals surface area contributed by atoms with Crippen LogP contribution < -0.4 is 5.32 Å². The molecule has 6 heteroatoms. The molecule has 0 saturated carbocycles. The Morgan fingerprint density at radius 2 is 2.30 bits per heavy atom. The number of methoxy groups -OCH3 is 1. The highest BCUT2D eigenvalue weighted by molar-refractivity contribution is 5.75. The molecule has 1 N–H and O–H groups in total. The van der Waals surface area contributed by atoms with Gasteiger partial charge >= 0.3 is 6.03 Å². The number of hydrogen-bond donors (Lipinski definition) is 1. The average Bonchev–Trinajstić information content (AvgIpc) is 3.28. The summed E-state index contributed by atoms with van der Waals surface area (Å²) >= 11 is 0. The van der Waals surface area contributed by atoms with Crippen LogP contribution in [0.4, 0.5) is 4.79 Å². The summed E-state index contributed by atoms with van der Waals surface area (Å²) in [5.74, 6) is 1.65. The van der Waals surface area contributed by atoms with E-state index in [2.05, 4.69) is 5.32 Å². The molecule has 2 aliphatic rings. The first-order valence-electron chi connectivity index (χ1n) is 8.51. The number of urea groups is 1. The van der Waals surface area contributed by atoms with Gasteiger partial charge in [-0.25, -0.2) is 4.79 Å². The van der Waals surface area contributed by atoms with Crippen LogP contribution in [0.1, 0.15) is 49.7 Å². The van der Waals surface area contributed by atoms with Gasteiger partial charge in [-0.2, -0.15) is 0 Å². The Bertz CT molecular complexity index is 510. The molecule has 3 rings (SSSR count). The molecule has 0 aromatic carbocycles. The molecule has 0 radical (unpaired) electrons. The maximum Gasteiger partial charge on any atom is 0.318 e. The van der Waals surface area contributed by atoms with E-state index in [9.17, 15) is 4.79 Å². The van der Waals surface area contributed by atoms with Crippen LogP contribution in [0.25, 0.3) is 0 Å². The number of amides is 2. The normalized spacial score (nSPS) is 24.3. The molecule has 128 valence electrons. The highest BCUT2D eigenvalue weighted by Crippen LogP contribution is 2.33. The molecule has 1 aromatic rings. The summed E-state index contributed by atoms with van der Waals surface area (Å²) in [6, 6.07) is 3.90. The second-order valence-corrected chi connectivity index (χ2v) is 6.24. The fraction of sp³-hybridized carbons (Fsp3) is 0.706. The maximum atomic E-state index is 12.4. The number of rotatable bonds is 6. The van der Waals surface area contributed by atoms with Crippen molar-refractivity contribution in [3.63, 3.8) is 0 Å². The molecule has 2 aliphatic heterocycles. The number of likely N-dealkylation sites (tertiary alicyclic amines) is 1. The number of hydrogen-bond acceptors (Lipinski definition) is 4. The fourth-order valence-corrected chi connectivity index (χ4v) is 3.41. The van der Waals surface area contributed by atoms with E-state index in [1.165, 1.54) is 0 Å². The lowest BCUT2D eigenvalue weighted by Crippen LogP contribution is -2.40. The van der Waals surface area contributed by atoms with Crippen molar-refractivity contribution in [1.29, 1.82) is 0 Å². The number of nitrogens with zero attached hydrogens (tertiary/aromatic N) is 1. The molecular formula is C17H26N2O4. The highest BCUT2D eigenvalue weighted by atomic mass is 16.5. The van der Waals surface area contributed by atoms with Crippen molar-refractivity contribution in [2.24, 2.45) is 0 Å². The second kappa shape index (κ2) is 7.84. The smallest absolute Gasteiger partial charge is 0.318 e. The van der Waals surface area contributed by atoms with Crippen LogP contribution in [0, 0.1) is 0 Å². The highest BCUT2D eigenvalue weighted by Gasteiger charge is 2.32. The molecule has 2 amide bonds. The van der Waals surface area contributed by atoms with Crippen LogP contribution in [0.15, 0.2) is 16.5 Å². The summed E-state index contributed by atoms with van der Waals surface area (Å²) in [5, 5.41) is 3.02. The van der Waals surface area contributed by atoms with Gasteiger partial charge in [-0.05, 0) is 44.2 Å². The van der Waals surface area contributed by atoms with Gasteiger partial charge < -0.3 is 24.1 Å². The van der Waals surface area contributed by atoms with Crippen LogP contribution in [0.3, 0.4) is 0 Å². The third-order valence-electron chi connectivity index (χ3n) is 4.58. The Balaban J connectivity index is 1.51. The van der Waals surface area contributed by atoms with E-state index in [-0.39, 0.29) is 12.1 Å². The minimum Gasteiger partial charge on any atom is -0.461 e. The zero-order valence-electron chi connectivity index (χ0n) is 13.8. The molecule has 0 spiro atoms. The van der Waals surface area contributed by atoms with Crippen molar-refractivity contribution in [3.05, 3.63) is 23.7 Å². The number of ether oxygens (including phenoxy) is 2. The van der Waals surface area contributed by atoms with Crippen molar-refractivity contribution in [3.8, 4) is 0 Å². The zero-order valence-corrected chi connectivity index (χ0v) is 13.8. The zero-order chi connectivity index (χ0) is 16.1. The number of carbonyl (C=O) groups is 1. The molecule has 2 fully saturated rings. The van der Waals surface area contributed by atoms with Crippen LogP contribution in [-0.4, -0.2) is 43.8 Å². The molecule has 6 nitrogen and oxygen atoms in total. The quantitative estimate of drug-likeness (QED) is 0.875. The van der Waals surface area contributed by atoms with E-state index in [1.807, 2.05) is 17.0 Å². The standard InChI is InChI=1S/C17H26N2O4/c1-21-12-14-6-7-16(23-14)15-5-2-10-19(15)17(20)18-9-8-13-4-3-11-22-13/h6-7,13,15H,2-5,8-12H2,1H3,(H,18,20)/t13-,15-/m1/s1. The molecular weight excluding hydrogens is 296 g/mol. The van der Waals surface area contributed by atoms with Gasteiger partial charge in [0.25, 0.3) is 0 Å². The van der Waals surface area contributed by atoms with Gasteiger partial charge in [0, 0.05) is 26.8 Å². The van der Waals surface area contributed by atoms with Gasteiger partial charge in [-0.1, -0.05) is 0 Å². The van der Waals surface area contributed by atoms with Crippen molar-refractivity contribution < 1.29 is 18.7 Å². The van der Waals surface area contributed by atoms with E-state index in [0.717, 1.165) is 56.8 Å². The lowest BCUT2D eigenvalue weighted by Gasteiger charge is -2.24. The van der Waals surface area contributed by atoms with Crippen molar-refractivity contribution in [2.75, 3.05) is 26.8 Å².